The molecule has 0 fully saturated rings. The second-order valence-corrected chi connectivity index (χ2v) is 6.02. The van der Waals surface area contributed by atoms with Crippen molar-refractivity contribution in [1.82, 2.24) is 10.2 Å². The van der Waals surface area contributed by atoms with Gasteiger partial charge < -0.3 is 10.2 Å². The number of hydrogen-bond acceptors (Lipinski definition) is 3. The van der Waals surface area contributed by atoms with Crippen molar-refractivity contribution in [3.8, 4) is 5.75 Å². The third-order valence-corrected chi connectivity index (χ3v) is 4.28. The van der Waals surface area contributed by atoms with E-state index in [0.29, 0.717) is 12.0 Å². The van der Waals surface area contributed by atoms with Crippen LogP contribution in [0.5, 0.6) is 5.75 Å². The van der Waals surface area contributed by atoms with Crippen LogP contribution >= 0.6 is 0 Å². The Morgan fingerprint density at radius 3 is 2.60 bits per heavy atom. The molecule has 1 aliphatic rings. The van der Waals surface area contributed by atoms with E-state index >= 15 is 0 Å². The molecular formula is C20H17N3O2. The highest BCUT2D eigenvalue weighted by Gasteiger charge is 2.10. The first-order valence-electron chi connectivity index (χ1n) is 8.14. The number of para-hydroxylation sites is 1. The number of phenols is 1. The molecule has 2 heterocycles. The lowest BCUT2D eigenvalue weighted by Crippen LogP contribution is -2.19. The van der Waals surface area contributed by atoms with Gasteiger partial charge in [0.15, 0.2) is 0 Å². The van der Waals surface area contributed by atoms with Gasteiger partial charge in [0.2, 0.25) is 0 Å². The predicted molar refractivity (Wildman–Crippen MR) is 96.6 cm³/mol. The summed E-state index contributed by atoms with van der Waals surface area (Å²) in [5, 5.41) is 17.0. The molecule has 3 aromatic rings. The lowest BCUT2D eigenvalue weighted by molar-refractivity contribution is 0.475. The van der Waals surface area contributed by atoms with Crippen molar-refractivity contribution in [3.05, 3.63) is 92.0 Å². The fourth-order valence-electron chi connectivity index (χ4n) is 2.95. The summed E-state index contributed by atoms with van der Waals surface area (Å²) in [6.45, 7) is 0. The number of aryl methyl sites for hydroxylation is 2. The van der Waals surface area contributed by atoms with E-state index in [1.807, 2.05) is 48.6 Å². The van der Waals surface area contributed by atoms with Crippen molar-refractivity contribution in [2.45, 2.75) is 12.8 Å². The normalized spacial score (nSPS) is 14.2. The number of aromatic amines is 2. The number of fused-ring (bicyclic) bond motifs is 1. The molecule has 0 saturated heterocycles. The number of hydrogen-bond donors (Lipinski definition) is 3. The molecule has 25 heavy (non-hydrogen) atoms. The van der Waals surface area contributed by atoms with E-state index in [9.17, 15) is 9.90 Å². The molecule has 0 aliphatic carbocycles. The van der Waals surface area contributed by atoms with Gasteiger partial charge in [-0.3, -0.25) is 9.89 Å². The first-order chi connectivity index (χ1) is 12.2. The first-order valence-corrected chi connectivity index (χ1v) is 8.14. The molecule has 0 spiro atoms. The minimum absolute atomic E-state index is 0.146. The maximum Gasteiger partial charge on any atom is 0.271 e. The van der Waals surface area contributed by atoms with Crippen LogP contribution in [0.4, 0.5) is 0 Å². The van der Waals surface area contributed by atoms with Crippen molar-refractivity contribution >= 4 is 12.2 Å². The summed E-state index contributed by atoms with van der Waals surface area (Å²) in [7, 11) is 0. The summed E-state index contributed by atoms with van der Waals surface area (Å²) in [6, 6.07) is 15.0. The second kappa shape index (κ2) is 6.28. The minimum atomic E-state index is -0.146. The van der Waals surface area contributed by atoms with Crippen molar-refractivity contribution in [2.24, 2.45) is 4.99 Å². The molecule has 1 aromatic heterocycles. The number of nitrogens with zero attached hydrogens (tertiary/aromatic N) is 1. The quantitative estimate of drug-likeness (QED) is 0.679. The number of benzene rings is 2. The third kappa shape index (κ3) is 3.17. The molecule has 5 nitrogen and oxygen atoms in total. The Bertz CT molecular complexity index is 1080. The zero-order valence-electron chi connectivity index (χ0n) is 13.5. The summed E-state index contributed by atoms with van der Waals surface area (Å²) in [4.78, 5) is 16.7. The van der Waals surface area contributed by atoms with Crippen LogP contribution in [0, 0.1) is 0 Å². The van der Waals surface area contributed by atoms with Crippen LogP contribution in [-0.4, -0.2) is 15.3 Å². The van der Waals surface area contributed by atoms with Crippen molar-refractivity contribution in [2.75, 3.05) is 0 Å². The van der Waals surface area contributed by atoms with Crippen molar-refractivity contribution < 1.29 is 5.11 Å². The molecule has 0 amide bonds. The van der Waals surface area contributed by atoms with Gasteiger partial charge in [-0.15, -0.1) is 0 Å². The van der Waals surface area contributed by atoms with Gasteiger partial charge in [0.1, 0.15) is 5.75 Å². The zero-order chi connectivity index (χ0) is 17.2. The molecule has 0 unspecified atom stereocenters. The fraction of sp³-hybridized carbons (Fsp3) is 0.100. The third-order valence-electron chi connectivity index (χ3n) is 4.28. The molecule has 0 bridgehead atoms. The van der Waals surface area contributed by atoms with E-state index in [-0.39, 0.29) is 11.3 Å². The number of nitrogens with one attached hydrogen (secondary N) is 2. The van der Waals surface area contributed by atoms with Crippen molar-refractivity contribution in [3.63, 3.8) is 0 Å². The maximum atomic E-state index is 12.1. The number of phenolic OH excluding ortho intramolecular Hbond substituents is 1. The van der Waals surface area contributed by atoms with Gasteiger partial charge in [-0.25, -0.2) is 4.99 Å². The second-order valence-electron chi connectivity index (χ2n) is 6.02. The highest BCUT2D eigenvalue weighted by atomic mass is 16.3. The largest absolute Gasteiger partial charge is 0.508 e. The fourth-order valence-corrected chi connectivity index (χ4v) is 2.95. The maximum absolute atomic E-state index is 12.1. The molecule has 0 saturated carbocycles. The Morgan fingerprint density at radius 2 is 1.80 bits per heavy atom. The van der Waals surface area contributed by atoms with Gasteiger partial charge in [0.05, 0.1) is 16.6 Å². The van der Waals surface area contributed by atoms with Crippen LogP contribution in [0.2, 0.25) is 0 Å². The summed E-state index contributed by atoms with van der Waals surface area (Å²) in [5.74, 6) is 0.252. The Morgan fingerprint density at radius 1 is 1.00 bits per heavy atom. The van der Waals surface area contributed by atoms with E-state index in [0.717, 1.165) is 34.0 Å². The predicted octanol–water partition coefficient (Wildman–Crippen LogP) is 1.65. The van der Waals surface area contributed by atoms with E-state index in [4.69, 9.17) is 0 Å². The average molecular weight is 331 g/mol. The van der Waals surface area contributed by atoms with Gasteiger partial charge in [-0.05, 0) is 48.8 Å². The topological polar surface area (TPSA) is 81.2 Å². The lowest BCUT2D eigenvalue weighted by atomic mass is 10.1. The Hall–Kier alpha value is -3.34. The van der Waals surface area contributed by atoms with Crippen LogP contribution in [0.1, 0.15) is 16.8 Å². The summed E-state index contributed by atoms with van der Waals surface area (Å²) in [5.41, 5.74) is 3.19. The number of rotatable bonds is 4. The monoisotopic (exact) mass is 331 g/mol. The Labute approximate surface area is 143 Å². The lowest BCUT2D eigenvalue weighted by Gasteiger charge is -2.02. The summed E-state index contributed by atoms with van der Waals surface area (Å²) in [6.07, 6.45) is 5.26. The molecule has 2 aromatic carbocycles. The molecule has 5 heteroatoms. The number of aromatic hydroxyl groups is 1. The van der Waals surface area contributed by atoms with Gasteiger partial charge in [-0.1, -0.05) is 30.3 Å². The standard InChI is InChI=1S/C20H17N3O2/c24-16-8-5-13(6-9-16)7-10-19-17(20(25)23-22-19)12-15-11-14-3-1-2-4-18(14)21-15/h1-6,8-9,11-12,24H,7,10H2,(H2,22,23,25). The van der Waals surface area contributed by atoms with E-state index in [2.05, 4.69) is 15.2 Å². The number of allylic oxidation sites excluding steroid dienone is 1. The van der Waals surface area contributed by atoms with Gasteiger partial charge >= 0.3 is 0 Å². The molecule has 0 radical (unpaired) electrons. The molecule has 1 aliphatic heterocycles. The highest BCUT2D eigenvalue weighted by molar-refractivity contribution is 5.66. The molecule has 3 N–H and O–H groups in total. The van der Waals surface area contributed by atoms with E-state index in [1.165, 1.54) is 0 Å². The summed E-state index contributed by atoms with van der Waals surface area (Å²) < 4.78 is 0. The molecule has 0 atom stereocenters. The molecule has 124 valence electrons. The minimum Gasteiger partial charge on any atom is -0.508 e. The highest BCUT2D eigenvalue weighted by Crippen LogP contribution is 2.14. The molecular weight excluding hydrogens is 314 g/mol. The smallest absolute Gasteiger partial charge is 0.271 e. The van der Waals surface area contributed by atoms with Gasteiger partial charge in [0.25, 0.3) is 5.56 Å². The molecule has 4 rings (SSSR count). The zero-order valence-corrected chi connectivity index (χ0v) is 13.5. The van der Waals surface area contributed by atoms with Crippen molar-refractivity contribution in [1.29, 1.82) is 0 Å². The Balaban J connectivity index is 1.60. The number of H-pyrrole nitrogens is 2. The summed E-state index contributed by atoms with van der Waals surface area (Å²) >= 11 is 0. The van der Waals surface area contributed by atoms with E-state index < -0.39 is 0 Å². The number of aromatic nitrogens is 2. The Kier molecular flexibility index (Phi) is 3.82. The van der Waals surface area contributed by atoms with Crippen LogP contribution in [0.3, 0.4) is 0 Å². The van der Waals surface area contributed by atoms with Gasteiger partial charge in [0, 0.05) is 10.9 Å². The van der Waals surface area contributed by atoms with Gasteiger partial charge in [-0.2, -0.15) is 0 Å². The first kappa shape index (κ1) is 15.2. The van der Waals surface area contributed by atoms with Crippen LogP contribution < -0.4 is 16.1 Å². The average Bonchev–Trinajstić information content (AvgIpc) is 3.18. The van der Waals surface area contributed by atoms with E-state index in [1.54, 1.807) is 12.1 Å². The SMILES string of the molecule is O=c1[nH][nH]c(CCc2ccc(O)cc2)c1C=C1C=c2ccccc2=N1. The van der Waals surface area contributed by atoms with Crippen LogP contribution in [0.15, 0.2) is 64.0 Å². The van der Waals surface area contributed by atoms with Crippen LogP contribution in [0.25, 0.3) is 12.2 Å². The van der Waals surface area contributed by atoms with Crippen LogP contribution in [-0.2, 0) is 12.8 Å².